The second-order valence-corrected chi connectivity index (χ2v) is 8.03. The zero-order valence-electron chi connectivity index (χ0n) is 13.8. The molecule has 0 bridgehead atoms. The first-order valence-corrected chi connectivity index (χ1v) is 8.80. The van der Waals surface area contributed by atoms with Crippen LogP contribution < -0.4 is 0 Å². The number of hydrogen-bond acceptors (Lipinski definition) is 5. The van der Waals surface area contributed by atoms with Gasteiger partial charge in [-0.2, -0.15) is 21.6 Å². The fourth-order valence-electron chi connectivity index (χ4n) is 2.31. The van der Waals surface area contributed by atoms with Gasteiger partial charge in [-0.3, -0.25) is 4.90 Å². The molecule has 0 radical (unpaired) electrons. The maximum atomic E-state index is 12.7. The van der Waals surface area contributed by atoms with E-state index in [9.17, 15) is 26.4 Å². The summed E-state index contributed by atoms with van der Waals surface area (Å²) < 4.78 is 70.6. The zero-order chi connectivity index (χ0) is 19.0. The molecule has 0 saturated carbocycles. The number of fused-ring (bicyclic) bond motifs is 1. The lowest BCUT2D eigenvalue weighted by Crippen LogP contribution is -2.45. The van der Waals surface area contributed by atoms with Gasteiger partial charge in [0, 0.05) is 12.1 Å². The second-order valence-electron chi connectivity index (χ2n) is 6.47. The molecule has 0 aliphatic carbocycles. The molecule has 0 spiro atoms. The number of benzene rings is 1. The number of ether oxygens (including phenoxy) is 1. The molecule has 1 aromatic carbocycles. The Morgan fingerprint density at radius 3 is 2.36 bits per heavy atom. The van der Waals surface area contributed by atoms with Crippen LogP contribution in [0.5, 0.6) is 0 Å². The van der Waals surface area contributed by atoms with Crippen LogP contribution in [0.25, 0.3) is 0 Å². The van der Waals surface area contributed by atoms with Crippen molar-refractivity contribution in [3.63, 3.8) is 0 Å². The van der Waals surface area contributed by atoms with Crippen molar-refractivity contribution in [1.82, 2.24) is 4.90 Å². The van der Waals surface area contributed by atoms with Crippen LogP contribution in [-0.4, -0.2) is 37.1 Å². The van der Waals surface area contributed by atoms with Gasteiger partial charge in [-0.25, -0.2) is 8.98 Å². The predicted molar refractivity (Wildman–Crippen MR) is 81.9 cm³/mol. The van der Waals surface area contributed by atoms with E-state index in [1.807, 2.05) is 0 Å². The standard InChI is InChI=1S/C15H18F3NO5S/c1-14(2,3)23-13(20)19-9-8-10-6-4-5-7-11(10)12(19)24-25(21,22)15(16,17)18/h4-7,12H,8-9H2,1-3H3. The minimum atomic E-state index is -5.90. The van der Waals surface area contributed by atoms with E-state index in [0.717, 1.165) is 4.90 Å². The molecule has 25 heavy (non-hydrogen) atoms. The van der Waals surface area contributed by atoms with Crippen LogP contribution in [-0.2, 0) is 25.5 Å². The fraction of sp³-hybridized carbons (Fsp3) is 0.533. The third-order valence-corrected chi connectivity index (χ3v) is 4.36. The number of amides is 1. The number of rotatable bonds is 2. The van der Waals surface area contributed by atoms with E-state index in [2.05, 4.69) is 4.18 Å². The molecule has 1 aromatic rings. The third-order valence-electron chi connectivity index (χ3n) is 3.36. The Balaban J connectivity index is 2.42. The van der Waals surface area contributed by atoms with Gasteiger partial charge in [0.1, 0.15) is 5.60 Å². The van der Waals surface area contributed by atoms with Crippen LogP contribution in [0.2, 0.25) is 0 Å². The fourth-order valence-corrected chi connectivity index (χ4v) is 2.87. The third kappa shape index (κ3) is 4.43. The number of carbonyl (C=O) groups excluding carboxylic acids is 1. The number of halogens is 3. The lowest BCUT2D eigenvalue weighted by Gasteiger charge is -2.37. The van der Waals surface area contributed by atoms with E-state index in [4.69, 9.17) is 4.74 Å². The van der Waals surface area contributed by atoms with Crippen molar-refractivity contribution < 1.29 is 35.3 Å². The summed E-state index contributed by atoms with van der Waals surface area (Å²) in [4.78, 5) is 13.2. The number of nitrogens with zero attached hydrogens (tertiary/aromatic N) is 1. The second kappa shape index (κ2) is 6.49. The molecular weight excluding hydrogens is 363 g/mol. The molecule has 10 heteroatoms. The highest BCUT2D eigenvalue weighted by Gasteiger charge is 2.50. The van der Waals surface area contributed by atoms with Crippen LogP contribution in [0.3, 0.4) is 0 Å². The molecule has 1 unspecified atom stereocenters. The van der Waals surface area contributed by atoms with Crippen LogP contribution in [0.1, 0.15) is 38.1 Å². The normalized spacial score (nSPS) is 18.6. The first kappa shape index (κ1) is 19.5. The number of carbonyl (C=O) groups is 1. The minimum Gasteiger partial charge on any atom is -0.444 e. The Kier molecular flexibility index (Phi) is 5.06. The maximum absolute atomic E-state index is 12.7. The SMILES string of the molecule is CC(C)(C)OC(=O)N1CCc2ccccc2C1OS(=O)(=O)C(F)(F)F. The van der Waals surface area contributed by atoms with Crippen molar-refractivity contribution in [2.75, 3.05) is 6.54 Å². The van der Waals surface area contributed by atoms with Gasteiger partial charge >= 0.3 is 21.7 Å². The number of alkyl halides is 3. The van der Waals surface area contributed by atoms with Crippen molar-refractivity contribution in [2.24, 2.45) is 0 Å². The smallest absolute Gasteiger partial charge is 0.444 e. The van der Waals surface area contributed by atoms with Crippen molar-refractivity contribution in [3.05, 3.63) is 35.4 Å². The lowest BCUT2D eigenvalue weighted by atomic mass is 9.99. The summed E-state index contributed by atoms with van der Waals surface area (Å²) >= 11 is 0. The molecule has 6 nitrogen and oxygen atoms in total. The van der Waals surface area contributed by atoms with Crippen molar-refractivity contribution in [3.8, 4) is 0 Å². The van der Waals surface area contributed by atoms with Crippen molar-refractivity contribution in [2.45, 2.75) is 44.5 Å². The van der Waals surface area contributed by atoms with Gasteiger partial charge in [0.05, 0.1) is 0 Å². The van der Waals surface area contributed by atoms with Crippen molar-refractivity contribution >= 4 is 16.2 Å². The van der Waals surface area contributed by atoms with E-state index in [1.165, 1.54) is 12.1 Å². The van der Waals surface area contributed by atoms with Gasteiger partial charge < -0.3 is 4.74 Å². The van der Waals surface area contributed by atoms with Gasteiger partial charge in [0.25, 0.3) is 0 Å². The molecule has 0 fully saturated rings. The Morgan fingerprint density at radius 2 is 1.80 bits per heavy atom. The average Bonchev–Trinajstić information content (AvgIpc) is 2.44. The van der Waals surface area contributed by atoms with Crippen LogP contribution >= 0.6 is 0 Å². The molecule has 1 aliphatic rings. The zero-order valence-corrected chi connectivity index (χ0v) is 14.6. The van der Waals surface area contributed by atoms with Crippen molar-refractivity contribution in [1.29, 1.82) is 0 Å². The molecule has 1 atom stereocenters. The highest BCUT2D eigenvalue weighted by Crippen LogP contribution is 2.36. The lowest BCUT2D eigenvalue weighted by molar-refractivity contribution is -0.0715. The van der Waals surface area contributed by atoms with Gasteiger partial charge in [0.2, 0.25) is 0 Å². The Labute approximate surface area is 143 Å². The van der Waals surface area contributed by atoms with Gasteiger partial charge in [0.15, 0.2) is 6.23 Å². The van der Waals surface area contributed by atoms with Crippen LogP contribution in [0, 0.1) is 0 Å². The van der Waals surface area contributed by atoms with E-state index in [-0.39, 0.29) is 12.1 Å². The average molecular weight is 381 g/mol. The van der Waals surface area contributed by atoms with Gasteiger partial charge in [-0.1, -0.05) is 24.3 Å². The summed E-state index contributed by atoms with van der Waals surface area (Å²) in [6, 6.07) is 6.24. The first-order valence-electron chi connectivity index (χ1n) is 7.39. The Morgan fingerprint density at radius 1 is 1.20 bits per heavy atom. The van der Waals surface area contributed by atoms with E-state index in [1.54, 1.807) is 32.9 Å². The summed E-state index contributed by atoms with van der Waals surface area (Å²) in [6.07, 6.45) is -2.36. The minimum absolute atomic E-state index is 0.0377. The molecule has 0 aromatic heterocycles. The van der Waals surface area contributed by atoms with Gasteiger partial charge in [-0.05, 0) is 32.8 Å². The summed E-state index contributed by atoms with van der Waals surface area (Å²) in [6.45, 7) is 4.73. The molecule has 0 saturated heterocycles. The summed E-state index contributed by atoms with van der Waals surface area (Å²) in [5.41, 5.74) is -5.72. The Bertz CT molecular complexity index is 755. The number of hydrogen-bond donors (Lipinski definition) is 0. The summed E-state index contributed by atoms with van der Waals surface area (Å²) in [5, 5.41) is 0. The maximum Gasteiger partial charge on any atom is 0.523 e. The quantitative estimate of drug-likeness (QED) is 0.580. The molecule has 2 rings (SSSR count). The molecule has 0 N–H and O–H groups in total. The molecule has 1 aliphatic heterocycles. The predicted octanol–water partition coefficient (Wildman–Crippen LogP) is 3.34. The van der Waals surface area contributed by atoms with Crippen LogP contribution in [0.4, 0.5) is 18.0 Å². The monoisotopic (exact) mass is 381 g/mol. The molecule has 140 valence electrons. The van der Waals surface area contributed by atoms with Crippen LogP contribution in [0.15, 0.2) is 24.3 Å². The van der Waals surface area contributed by atoms with E-state index in [0.29, 0.717) is 12.0 Å². The highest BCUT2D eigenvalue weighted by molar-refractivity contribution is 7.87. The van der Waals surface area contributed by atoms with Gasteiger partial charge in [-0.15, -0.1) is 0 Å². The highest BCUT2D eigenvalue weighted by atomic mass is 32.2. The molecule has 1 heterocycles. The largest absolute Gasteiger partial charge is 0.523 e. The molecular formula is C15H18F3NO5S. The topological polar surface area (TPSA) is 72.9 Å². The summed E-state index contributed by atoms with van der Waals surface area (Å²) in [7, 11) is -5.90. The van der Waals surface area contributed by atoms with E-state index < -0.39 is 33.5 Å². The van der Waals surface area contributed by atoms with E-state index >= 15 is 0 Å². The summed E-state index contributed by atoms with van der Waals surface area (Å²) in [5.74, 6) is 0. The molecule has 1 amide bonds. The first-order chi connectivity index (χ1) is 11.3. The Hall–Kier alpha value is -1.81.